The summed E-state index contributed by atoms with van der Waals surface area (Å²) in [5.41, 5.74) is 1.06. The second kappa shape index (κ2) is 19.6. The number of rotatable bonds is 11. The summed E-state index contributed by atoms with van der Waals surface area (Å²) in [7, 11) is 1.47. The van der Waals surface area contributed by atoms with Gasteiger partial charge in [0, 0.05) is 32.2 Å². The highest BCUT2D eigenvalue weighted by Crippen LogP contribution is 2.66. The molecule has 0 saturated carbocycles. The summed E-state index contributed by atoms with van der Waals surface area (Å²) in [6, 6.07) is 28.0. The Morgan fingerprint density at radius 1 is 0.778 bits per heavy atom. The zero-order valence-corrected chi connectivity index (χ0v) is 35.4. The number of amides is 3. The van der Waals surface area contributed by atoms with Crippen molar-refractivity contribution in [2.75, 3.05) is 58.1 Å². The highest BCUT2D eigenvalue weighted by Gasteiger charge is 2.76. The van der Waals surface area contributed by atoms with Crippen molar-refractivity contribution in [1.29, 1.82) is 0 Å². The van der Waals surface area contributed by atoms with Gasteiger partial charge in [-0.1, -0.05) is 104 Å². The number of carbonyl (C=O) groups is 4. The molecule has 4 aromatic carbocycles. The van der Waals surface area contributed by atoms with Crippen molar-refractivity contribution in [2.24, 2.45) is 5.92 Å². The van der Waals surface area contributed by atoms with Crippen molar-refractivity contribution in [1.82, 2.24) is 9.80 Å². The van der Waals surface area contributed by atoms with Gasteiger partial charge < -0.3 is 34.1 Å². The number of carbonyl (C=O) groups excluding carboxylic acids is 4. The molecule has 63 heavy (non-hydrogen) atoms. The van der Waals surface area contributed by atoms with E-state index in [1.54, 1.807) is 41.3 Å². The SMILES string of the molecule is COCCOC(=O)N1C(=O)[C@@]2(c3cc(C#CCCO)ccc31)[C@H](c1cccc(OCCO)c1)N1[C@H](c3ccccc3)[C@H](c3ccccc3)OC(=O)[C@H]1[C@@H]2C(=O)N1CCCCCCC1. The first-order chi connectivity index (χ1) is 30.8. The topological polar surface area (TPSA) is 155 Å². The van der Waals surface area contributed by atoms with Gasteiger partial charge >= 0.3 is 12.1 Å². The average molecular weight is 856 g/mol. The Hall–Kier alpha value is -6.04. The second-order valence-corrected chi connectivity index (χ2v) is 16.3. The van der Waals surface area contributed by atoms with Crippen molar-refractivity contribution >= 4 is 29.6 Å². The normalized spacial score (nSPS) is 24.4. The number of likely N-dealkylation sites (tertiary alicyclic amines) is 1. The van der Waals surface area contributed by atoms with Crippen LogP contribution in [0.15, 0.2) is 103 Å². The zero-order chi connectivity index (χ0) is 43.9. The summed E-state index contributed by atoms with van der Waals surface area (Å²) < 4.78 is 23.5. The molecule has 0 radical (unpaired) electrons. The van der Waals surface area contributed by atoms with Gasteiger partial charge in [-0.25, -0.2) is 9.69 Å². The third-order valence-corrected chi connectivity index (χ3v) is 12.6. The summed E-state index contributed by atoms with van der Waals surface area (Å²) in [6.45, 7) is 0.367. The predicted octanol–water partition coefficient (Wildman–Crippen LogP) is 6.03. The summed E-state index contributed by atoms with van der Waals surface area (Å²) in [5, 5.41) is 19.4. The van der Waals surface area contributed by atoms with Crippen LogP contribution in [0.3, 0.4) is 0 Å². The number of hydrogen-bond acceptors (Lipinski definition) is 11. The van der Waals surface area contributed by atoms with Gasteiger partial charge in [-0.05, 0) is 65.4 Å². The molecule has 2 N–H and O–H groups in total. The van der Waals surface area contributed by atoms with Gasteiger partial charge in [0.25, 0.3) is 0 Å². The molecule has 0 unspecified atom stereocenters. The molecule has 4 aromatic rings. The molecule has 0 aromatic heterocycles. The molecule has 0 bridgehead atoms. The summed E-state index contributed by atoms with van der Waals surface area (Å²) in [4.78, 5) is 67.0. The fraction of sp³-hybridized carbons (Fsp3) is 0.400. The number of aliphatic hydroxyl groups is 2. The Morgan fingerprint density at radius 3 is 2.17 bits per heavy atom. The highest BCUT2D eigenvalue weighted by molar-refractivity contribution is 6.23. The van der Waals surface area contributed by atoms with Crippen LogP contribution in [0.5, 0.6) is 5.75 Å². The van der Waals surface area contributed by atoms with E-state index in [1.807, 2.05) is 71.6 Å². The predicted molar refractivity (Wildman–Crippen MR) is 232 cm³/mol. The summed E-state index contributed by atoms with van der Waals surface area (Å²) in [6.07, 6.45) is 2.73. The van der Waals surface area contributed by atoms with E-state index >= 15 is 14.4 Å². The lowest BCUT2D eigenvalue weighted by atomic mass is 9.64. The first-order valence-electron chi connectivity index (χ1n) is 21.8. The fourth-order valence-corrected chi connectivity index (χ4v) is 10.0. The summed E-state index contributed by atoms with van der Waals surface area (Å²) in [5.74, 6) is 3.27. The van der Waals surface area contributed by atoms with Crippen LogP contribution >= 0.6 is 0 Å². The molecular weight excluding hydrogens is 803 g/mol. The van der Waals surface area contributed by atoms with Crippen LogP contribution in [0.2, 0.25) is 0 Å². The number of nitrogens with zero attached hydrogens (tertiary/aromatic N) is 3. The van der Waals surface area contributed by atoms with Gasteiger partial charge in [0.15, 0.2) is 0 Å². The number of morpholine rings is 1. The van der Waals surface area contributed by atoms with Gasteiger partial charge in [0.1, 0.15) is 36.5 Å². The van der Waals surface area contributed by atoms with E-state index in [0.29, 0.717) is 41.1 Å². The van der Waals surface area contributed by atoms with Gasteiger partial charge in [0.05, 0.1) is 43.5 Å². The number of cyclic esters (lactones) is 1. The van der Waals surface area contributed by atoms with Gasteiger partial charge in [-0.15, -0.1) is 0 Å². The molecule has 1 spiro atoms. The van der Waals surface area contributed by atoms with Crippen LogP contribution in [0, 0.1) is 17.8 Å². The number of ether oxygens (including phenoxy) is 4. The maximum Gasteiger partial charge on any atom is 0.421 e. The number of esters is 1. The standard InChI is InChI=1S/C50H53N3O10/c1-60-30-31-62-49(59)52-40-24-23-34(16-11-14-27-54)32-39(40)50(48(52)58)41(46(56)51-25-12-3-2-4-13-26-51)43-47(57)63-44(36-19-9-6-10-20-36)42(35-17-7-5-8-18-35)53(43)45(50)37-21-15-22-38(33-37)61-29-28-55/h5-10,15,17-24,32-33,41-45,54-55H,2-4,12-14,25-31H2,1H3/t41-,42-,43-,44+,45+,50-/m1/s1. The lowest BCUT2D eigenvalue weighted by molar-refractivity contribution is -0.179. The van der Waals surface area contributed by atoms with E-state index in [4.69, 9.17) is 18.9 Å². The van der Waals surface area contributed by atoms with E-state index in [2.05, 4.69) is 11.8 Å². The molecule has 13 heteroatoms. The van der Waals surface area contributed by atoms with Gasteiger partial charge in [0.2, 0.25) is 11.8 Å². The van der Waals surface area contributed by atoms with Crippen LogP contribution < -0.4 is 9.64 Å². The van der Waals surface area contributed by atoms with Crippen molar-refractivity contribution in [3.8, 4) is 17.6 Å². The van der Waals surface area contributed by atoms with Crippen molar-refractivity contribution in [2.45, 2.75) is 68.2 Å². The van der Waals surface area contributed by atoms with Crippen LogP contribution in [0.25, 0.3) is 0 Å². The minimum Gasteiger partial charge on any atom is -0.491 e. The monoisotopic (exact) mass is 855 g/mol. The number of anilines is 1. The number of methoxy groups -OCH3 is 1. The second-order valence-electron chi connectivity index (χ2n) is 16.3. The quantitative estimate of drug-likeness (QED) is 0.103. The Labute approximate surface area is 367 Å². The van der Waals surface area contributed by atoms with Crippen LogP contribution in [-0.2, 0) is 34.0 Å². The number of benzene rings is 4. The number of aliphatic hydroxyl groups excluding tert-OH is 2. The third kappa shape index (κ3) is 8.20. The van der Waals surface area contributed by atoms with E-state index in [-0.39, 0.29) is 45.1 Å². The molecule has 4 aliphatic heterocycles. The number of imide groups is 1. The summed E-state index contributed by atoms with van der Waals surface area (Å²) >= 11 is 0. The van der Waals surface area contributed by atoms with Crippen LogP contribution in [0.1, 0.15) is 84.5 Å². The molecule has 8 rings (SSSR count). The van der Waals surface area contributed by atoms with Gasteiger partial charge in [-0.3, -0.25) is 19.3 Å². The van der Waals surface area contributed by atoms with Crippen molar-refractivity contribution in [3.63, 3.8) is 0 Å². The van der Waals surface area contributed by atoms with Crippen LogP contribution in [0.4, 0.5) is 10.5 Å². The van der Waals surface area contributed by atoms with E-state index in [1.165, 1.54) is 7.11 Å². The first-order valence-corrected chi connectivity index (χ1v) is 21.8. The number of fused-ring (bicyclic) bond motifs is 3. The molecule has 13 nitrogen and oxygen atoms in total. The van der Waals surface area contributed by atoms with Crippen LogP contribution in [-0.4, -0.2) is 103 Å². The molecule has 4 aliphatic rings. The Morgan fingerprint density at radius 2 is 1.48 bits per heavy atom. The molecule has 328 valence electrons. The Balaban J connectivity index is 1.47. The third-order valence-electron chi connectivity index (χ3n) is 12.6. The first kappa shape index (κ1) is 43.6. The van der Waals surface area contributed by atoms with Crippen molar-refractivity contribution < 1.29 is 48.3 Å². The average Bonchev–Trinajstić information content (AvgIpc) is 3.75. The minimum absolute atomic E-state index is 0.00452. The molecule has 6 atom stereocenters. The molecule has 3 saturated heterocycles. The lowest BCUT2D eigenvalue weighted by Gasteiger charge is -2.46. The van der Waals surface area contributed by atoms with Gasteiger partial charge in [-0.2, -0.15) is 0 Å². The Bertz CT molecular complexity index is 2340. The Kier molecular flexibility index (Phi) is 13.5. The fourth-order valence-electron chi connectivity index (χ4n) is 10.0. The van der Waals surface area contributed by atoms with E-state index in [9.17, 15) is 15.0 Å². The molecule has 3 fully saturated rings. The smallest absolute Gasteiger partial charge is 0.421 e. The zero-order valence-electron chi connectivity index (χ0n) is 35.4. The number of hydrogen-bond donors (Lipinski definition) is 2. The highest BCUT2D eigenvalue weighted by atomic mass is 16.6. The lowest BCUT2D eigenvalue weighted by Crippen LogP contribution is -2.56. The van der Waals surface area contributed by atoms with E-state index in [0.717, 1.165) is 42.6 Å². The van der Waals surface area contributed by atoms with E-state index < -0.39 is 59.4 Å². The molecule has 0 aliphatic carbocycles. The maximum absolute atomic E-state index is 16.3. The molecule has 3 amide bonds. The molecular formula is C50H53N3O10. The maximum atomic E-state index is 16.3. The molecule has 4 heterocycles. The largest absolute Gasteiger partial charge is 0.491 e. The van der Waals surface area contributed by atoms with Crippen molar-refractivity contribution in [3.05, 3.63) is 131 Å². The minimum atomic E-state index is -1.97.